The maximum Gasteiger partial charge on any atom is 0.271 e. The minimum atomic E-state index is -0.905. The lowest BCUT2D eigenvalue weighted by molar-refractivity contribution is -0.133. The Morgan fingerprint density at radius 1 is 1.09 bits per heavy atom. The fourth-order valence-electron chi connectivity index (χ4n) is 5.79. The molecule has 2 amide bonds. The van der Waals surface area contributed by atoms with Crippen molar-refractivity contribution in [1.82, 2.24) is 19.7 Å². The van der Waals surface area contributed by atoms with E-state index in [0.29, 0.717) is 18.8 Å². The third-order valence-electron chi connectivity index (χ3n) is 8.02. The molecular weight excluding hydrogens is 424 g/mol. The van der Waals surface area contributed by atoms with Gasteiger partial charge in [0.1, 0.15) is 11.2 Å². The summed E-state index contributed by atoms with van der Waals surface area (Å²) in [4.78, 5) is 32.0. The van der Waals surface area contributed by atoms with Gasteiger partial charge >= 0.3 is 0 Å². The summed E-state index contributed by atoms with van der Waals surface area (Å²) in [6.45, 7) is 10.3. The zero-order valence-electron chi connectivity index (χ0n) is 21.3. The monoisotopic (exact) mass is 466 g/mol. The SMILES string of the molecule is CCN(CC)CCCN1C(=O)c2cc3ccccc3n2CC1(C)C(=O)NC1CCCCCCC1. The summed E-state index contributed by atoms with van der Waals surface area (Å²) < 4.78 is 2.07. The van der Waals surface area contributed by atoms with E-state index >= 15 is 0 Å². The van der Waals surface area contributed by atoms with Gasteiger partial charge in [0.25, 0.3) is 5.91 Å². The molecule has 1 atom stereocenters. The lowest BCUT2D eigenvalue weighted by Gasteiger charge is -2.45. The van der Waals surface area contributed by atoms with Crippen molar-refractivity contribution in [2.24, 2.45) is 0 Å². The maximum absolute atomic E-state index is 13.9. The van der Waals surface area contributed by atoms with Crippen LogP contribution in [-0.2, 0) is 11.3 Å². The van der Waals surface area contributed by atoms with Crippen LogP contribution >= 0.6 is 0 Å². The lowest BCUT2D eigenvalue weighted by atomic mass is 9.92. The van der Waals surface area contributed by atoms with Crippen LogP contribution in [0.4, 0.5) is 0 Å². The Labute approximate surface area is 204 Å². The third-order valence-corrected chi connectivity index (χ3v) is 8.02. The second-order valence-electron chi connectivity index (χ2n) is 10.3. The number of hydrogen-bond acceptors (Lipinski definition) is 3. The number of aromatic nitrogens is 1. The first-order valence-electron chi connectivity index (χ1n) is 13.4. The van der Waals surface area contributed by atoms with Gasteiger partial charge in [-0.25, -0.2) is 0 Å². The number of para-hydroxylation sites is 1. The van der Waals surface area contributed by atoms with E-state index in [-0.39, 0.29) is 17.9 Å². The van der Waals surface area contributed by atoms with Crippen LogP contribution in [0.3, 0.4) is 0 Å². The smallest absolute Gasteiger partial charge is 0.271 e. The Balaban J connectivity index is 1.61. The topological polar surface area (TPSA) is 57.6 Å². The molecule has 6 nitrogen and oxygen atoms in total. The van der Waals surface area contributed by atoms with Gasteiger partial charge in [-0.2, -0.15) is 0 Å². The molecule has 1 fully saturated rings. The van der Waals surface area contributed by atoms with E-state index in [1.807, 2.05) is 36.1 Å². The number of carbonyl (C=O) groups excluding carboxylic acids is 2. The van der Waals surface area contributed by atoms with Crippen LogP contribution in [0.5, 0.6) is 0 Å². The molecule has 1 unspecified atom stereocenters. The molecule has 0 radical (unpaired) electrons. The molecule has 2 heterocycles. The summed E-state index contributed by atoms with van der Waals surface area (Å²) in [5, 5.41) is 4.44. The highest BCUT2D eigenvalue weighted by Gasteiger charge is 2.47. The molecule has 2 aliphatic rings. The molecular formula is C28H42N4O2. The van der Waals surface area contributed by atoms with Gasteiger partial charge in [-0.05, 0) is 58.0 Å². The van der Waals surface area contributed by atoms with Crippen molar-refractivity contribution in [3.63, 3.8) is 0 Å². The predicted octanol–water partition coefficient (Wildman–Crippen LogP) is 4.82. The molecule has 1 aliphatic heterocycles. The van der Waals surface area contributed by atoms with Crippen LogP contribution in [0, 0.1) is 0 Å². The van der Waals surface area contributed by atoms with E-state index in [4.69, 9.17) is 0 Å². The van der Waals surface area contributed by atoms with Crippen LogP contribution in [0.15, 0.2) is 30.3 Å². The highest BCUT2D eigenvalue weighted by Crippen LogP contribution is 2.33. The minimum absolute atomic E-state index is 0.00214. The standard InChI is InChI=1S/C28H42N4O2/c1-4-30(5-2)18-13-19-32-26(33)25-20-22-14-11-12-17-24(22)31(25)21-28(32,3)27(34)29-23-15-9-7-6-8-10-16-23/h11-12,14,17,20,23H,4-10,13,15-16,18-19,21H2,1-3H3,(H,29,34). The number of fused-ring (bicyclic) bond motifs is 3. The van der Waals surface area contributed by atoms with Crippen molar-refractivity contribution in [2.75, 3.05) is 26.2 Å². The highest BCUT2D eigenvalue weighted by molar-refractivity contribution is 6.03. The van der Waals surface area contributed by atoms with Crippen molar-refractivity contribution < 1.29 is 9.59 Å². The Hall–Kier alpha value is -2.34. The molecule has 186 valence electrons. The van der Waals surface area contributed by atoms with Gasteiger partial charge in [-0.15, -0.1) is 0 Å². The van der Waals surface area contributed by atoms with Gasteiger partial charge in [-0.1, -0.05) is 64.2 Å². The zero-order valence-corrected chi connectivity index (χ0v) is 21.3. The maximum atomic E-state index is 13.9. The van der Waals surface area contributed by atoms with Crippen molar-refractivity contribution in [1.29, 1.82) is 0 Å². The summed E-state index contributed by atoms with van der Waals surface area (Å²) in [5.74, 6) is -0.0324. The van der Waals surface area contributed by atoms with Gasteiger partial charge in [-0.3, -0.25) is 9.59 Å². The first-order valence-corrected chi connectivity index (χ1v) is 13.4. The van der Waals surface area contributed by atoms with Crippen molar-refractivity contribution in [3.8, 4) is 0 Å². The van der Waals surface area contributed by atoms with E-state index in [0.717, 1.165) is 49.8 Å². The molecule has 2 aromatic rings. The molecule has 1 aromatic heterocycles. The molecule has 1 N–H and O–H groups in total. The van der Waals surface area contributed by atoms with Crippen LogP contribution in [-0.4, -0.2) is 63.9 Å². The largest absolute Gasteiger partial charge is 0.351 e. The second-order valence-corrected chi connectivity index (χ2v) is 10.3. The Kier molecular flexibility index (Phi) is 7.97. The van der Waals surface area contributed by atoms with Crippen LogP contribution in [0.2, 0.25) is 0 Å². The lowest BCUT2D eigenvalue weighted by Crippen LogP contribution is -2.65. The fraction of sp³-hybridized carbons (Fsp3) is 0.643. The quantitative estimate of drug-likeness (QED) is 0.607. The fourth-order valence-corrected chi connectivity index (χ4v) is 5.79. The van der Waals surface area contributed by atoms with Crippen molar-refractivity contribution in [2.45, 2.75) is 90.3 Å². The van der Waals surface area contributed by atoms with E-state index < -0.39 is 5.54 Å². The molecule has 0 saturated heterocycles. The molecule has 4 rings (SSSR count). The number of amides is 2. The Morgan fingerprint density at radius 3 is 2.47 bits per heavy atom. The molecule has 1 aliphatic carbocycles. The van der Waals surface area contributed by atoms with Crippen molar-refractivity contribution >= 4 is 22.7 Å². The highest BCUT2D eigenvalue weighted by atomic mass is 16.2. The van der Waals surface area contributed by atoms with E-state index in [9.17, 15) is 9.59 Å². The van der Waals surface area contributed by atoms with E-state index in [1.54, 1.807) is 0 Å². The first kappa shape index (κ1) is 24.8. The zero-order chi connectivity index (χ0) is 24.1. The number of nitrogens with zero attached hydrogens (tertiary/aromatic N) is 3. The average molecular weight is 467 g/mol. The number of carbonyl (C=O) groups is 2. The average Bonchev–Trinajstić information content (AvgIpc) is 3.18. The van der Waals surface area contributed by atoms with Crippen molar-refractivity contribution in [3.05, 3.63) is 36.0 Å². The normalized spacial score (nSPS) is 22.0. The second kappa shape index (κ2) is 10.9. The molecule has 1 saturated carbocycles. The summed E-state index contributed by atoms with van der Waals surface area (Å²) in [6.07, 6.45) is 9.07. The number of nitrogens with one attached hydrogen (secondary N) is 1. The predicted molar refractivity (Wildman–Crippen MR) is 138 cm³/mol. The minimum Gasteiger partial charge on any atom is -0.351 e. The van der Waals surface area contributed by atoms with E-state index in [1.165, 1.54) is 32.1 Å². The number of rotatable bonds is 8. The Bertz CT molecular complexity index is 987. The van der Waals surface area contributed by atoms with Gasteiger partial charge < -0.3 is 19.7 Å². The van der Waals surface area contributed by atoms with Crippen LogP contribution in [0.1, 0.15) is 82.6 Å². The van der Waals surface area contributed by atoms with Gasteiger partial charge in [0.05, 0.1) is 6.54 Å². The number of hydrogen-bond donors (Lipinski definition) is 1. The molecule has 0 spiro atoms. The first-order chi connectivity index (χ1) is 16.5. The third kappa shape index (κ3) is 5.02. The van der Waals surface area contributed by atoms with E-state index in [2.05, 4.69) is 34.7 Å². The molecule has 0 bridgehead atoms. The Morgan fingerprint density at radius 2 is 1.76 bits per heavy atom. The number of benzene rings is 1. The molecule has 6 heteroatoms. The van der Waals surface area contributed by atoms with Gasteiger partial charge in [0, 0.05) is 23.5 Å². The molecule has 1 aromatic carbocycles. The summed E-state index contributed by atoms with van der Waals surface area (Å²) in [5.41, 5.74) is 0.816. The van der Waals surface area contributed by atoms with Gasteiger partial charge in [0.2, 0.25) is 5.91 Å². The summed E-state index contributed by atoms with van der Waals surface area (Å²) in [6, 6.07) is 10.3. The van der Waals surface area contributed by atoms with Gasteiger partial charge in [0.15, 0.2) is 0 Å². The summed E-state index contributed by atoms with van der Waals surface area (Å²) >= 11 is 0. The summed E-state index contributed by atoms with van der Waals surface area (Å²) in [7, 11) is 0. The molecule has 34 heavy (non-hydrogen) atoms. The van der Waals surface area contributed by atoms with Crippen LogP contribution in [0.25, 0.3) is 10.9 Å². The van der Waals surface area contributed by atoms with Crippen LogP contribution < -0.4 is 5.32 Å².